The highest BCUT2D eigenvalue weighted by Gasteiger charge is 2.41. The number of hydrogen-bond donors (Lipinski definition) is 0. The van der Waals surface area contributed by atoms with Gasteiger partial charge in [0.05, 0.1) is 12.0 Å². The third-order valence-corrected chi connectivity index (χ3v) is 4.89. The van der Waals surface area contributed by atoms with Crippen molar-refractivity contribution in [3.8, 4) is 5.75 Å². The van der Waals surface area contributed by atoms with E-state index in [0.29, 0.717) is 10.8 Å². The molecule has 1 aliphatic rings. The van der Waals surface area contributed by atoms with Gasteiger partial charge in [-0.1, -0.05) is 0 Å². The lowest BCUT2D eigenvalue weighted by atomic mass is 10.0. The summed E-state index contributed by atoms with van der Waals surface area (Å²) >= 11 is 0. The van der Waals surface area contributed by atoms with E-state index in [1.54, 1.807) is 12.1 Å². The van der Waals surface area contributed by atoms with Crippen LogP contribution in [0.2, 0.25) is 0 Å². The number of carbonyl (C=O) groups excluding carboxylic acids is 4. The van der Waals surface area contributed by atoms with Gasteiger partial charge in [-0.15, -0.1) is 0 Å². The number of ketones is 1. The summed E-state index contributed by atoms with van der Waals surface area (Å²) < 4.78 is 5.07. The van der Waals surface area contributed by atoms with Crippen LogP contribution < -0.4 is 4.74 Å². The molecule has 0 N–H and O–H groups in total. The topological polar surface area (TPSA) is 127 Å². The van der Waals surface area contributed by atoms with Gasteiger partial charge in [-0.3, -0.25) is 29.3 Å². The van der Waals surface area contributed by atoms with E-state index in [9.17, 15) is 29.3 Å². The molecule has 10 nitrogen and oxygen atoms in total. The van der Waals surface area contributed by atoms with Crippen LogP contribution in [-0.2, 0) is 9.59 Å². The third kappa shape index (κ3) is 4.27. The number of imide groups is 1. The second kappa shape index (κ2) is 8.74. The van der Waals surface area contributed by atoms with E-state index in [1.165, 1.54) is 38.3 Å². The van der Waals surface area contributed by atoms with Crippen molar-refractivity contribution in [1.29, 1.82) is 0 Å². The van der Waals surface area contributed by atoms with Gasteiger partial charge in [0.15, 0.2) is 5.78 Å². The number of nitro groups is 1. The molecule has 0 aromatic heterocycles. The lowest BCUT2D eigenvalue weighted by Crippen LogP contribution is -2.55. The zero-order valence-corrected chi connectivity index (χ0v) is 16.8. The number of nitro benzene ring substituents is 1. The summed E-state index contributed by atoms with van der Waals surface area (Å²) in [5.74, 6) is -1.96. The number of amides is 3. The molecule has 0 saturated carbocycles. The van der Waals surface area contributed by atoms with E-state index in [4.69, 9.17) is 4.74 Å². The Hall–Kier alpha value is -4.08. The van der Waals surface area contributed by atoms with Crippen LogP contribution in [0.1, 0.15) is 40.5 Å². The number of rotatable bonds is 7. The van der Waals surface area contributed by atoms with Crippen molar-refractivity contribution in [3.63, 3.8) is 0 Å². The van der Waals surface area contributed by atoms with E-state index in [1.807, 2.05) is 0 Å². The number of ether oxygens (including phenoxy) is 1. The molecule has 3 amide bonds. The zero-order valence-electron chi connectivity index (χ0n) is 16.8. The standard InChI is InChI=1S/C21H19N3O7/c1-13(20(27)14-5-9-17(31-2)10-6-14)22(23-18(25)11-12-19(23)26)21(28)15-3-7-16(8-4-15)24(29)30/h3-10,13H,11-12H2,1-2H3/t13-/m0/s1. The first kappa shape index (κ1) is 21.6. The van der Waals surface area contributed by atoms with Crippen LogP contribution in [0.4, 0.5) is 5.69 Å². The Morgan fingerprint density at radius 1 is 1.00 bits per heavy atom. The predicted molar refractivity (Wildman–Crippen MR) is 107 cm³/mol. The fraction of sp³-hybridized carbons (Fsp3) is 0.238. The Morgan fingerprint density at radius 2 is 1.52 bits per heavy atom. The molecule has 1 aliphatic heterocycles. The minimum absolute atomic E-state index is 0.00696. The smallest absolute Gasteiger partial charge is 0.273 e. The first-order chi connectivity index (χ1) is 14.7. The summed E-state index contributed by atoms with van der Waals surface area (Å²) in [7, 11) is 1.48. The van der Waals surface area contributed by atoms with E-state index in [-0.39, 0.29) is 29.7 Å². The Labute approximate surface area is 177 Å². The van der Waals surface area contributed by atoms with E-state index >= 15 is 0 Å². The fourth-order valence-electron chi connectivity index (χ4n) is 3.21. The first-order valence-electron chi connectivity index (χ1n) is 9.36. The van der Waals surface area contributed by atoms with Crippen molar-refractivity contribution < 1.29 is 28.8 Å². The molecule has 1 saturated heterocycles. The summed E-state index contributed by atoms with van der Waals surface area (Å²) in [6.07, 6.45) is -0.154. The Kier molecular flexibility index (Phi) is 6.10. The van der Waals surface area contributed by atoms with Crippen molar-refractivity contribution >= 4 is 29.2 Å². The van der Waals surface area contributed by atoms with Gasteiger partial charge in [0, 0.05) is 36.1 Å². The molecule has 0 radical (unpaired) electrons. The van der Waals surface area contributed by atoms with Gasteiger partial charge in [-0.05, 0) is 43.3 Å². The molecule has 0 aliphatic carbocycles. The van der Waals surface area contributed by atoms with Gasteiger partial charge in [-0.2, -0.15) is 5.01 Å². The van der Waals surface area contributed by atoms with Crippen LogP contribution in [0.3, 0.4) is 0 Å². The van der Waals surface area contributed by atoms with Crippen LogP contribution in [0.5, 0.6) is 5.75 Å². The molecule has 0 spiro atoms. The van der Waals surface area contributed by atoms with Gasteiger partial charge in [0.1, 0.15) is 11.8 Å². The number of nitrogens with zero attached hydrogens (tertiary/aromatic N) is 3. The van der Waals surface area contributed by atoms with Gasteiger partial charge < -0.3 is 4.74 Å². The monoisotopic (exact) mass is 425 g/mol. The molecule has 3 rings (SSSR count). The SMILES string of the molecule is COc1ccc(C(=O)[C@H](C)N(C(=O)c2ccc([N+](=O)[O-])cc2)N2C(=O)CCC2=O)cc1. The predicted octanol–water partition coefficient (Wildman–Crippen LogP) is 2.38. The molecule has 2 aromatic carbocycles. The van der Waals surface area contributed by atoms with E-state index < -0.39 is 34.5 Å². The maximum Gasteiger partial charge on any atom is 0.273 e. The molecular formula is C21H19N3O7. The largest absolute Gasteiger partial charge is 0.497 e. The summed E-state index contributed by atoms with van der Waals surface area (Å²) in [5.41, 5.74) is 0.0279. The summed E-state index contributed by atoms with van der Waals surface area (Å²) in [4.78, 5) is 61.2. The van der Waals surface area contributed by atoms with Crippen LogP contribution in [0.15, 0.2) is 48.5 Å². The molecule has 0 unspecified atom stereocenters. The number of methoxy groups -OCH3 is 1. The maximum absolute atomic E-state index is 13.2. The fourth-order valence-corrected chi connectivity index (χ4v) is 3.21. The molecule has 1 atom stereocenters. The molecular weight excluding hydrogens is 406 g/mol. The van der Waals surface area contributed by atoms with Gasteiger partial charge >= 0.3 is 0 Å². The molecule has 31 heavy (non-hydrogen) atoms. The quantitative estimate of drug-likeness (QED) is 0.288. The molecule has 2 aromatic rings. The van der Waals surface area contributed by atoms with Crippen molar-refractivity contribution in [2.75, 3.05) is 7.11 Å². The number of non-ortho nitro benzene ring substituents is 1. The van der Waals surface area contributed by atoms with Gasteiger partial charge in [0.2, 0.25) is 11.8 Å². The highest BCUT2D eigenvalue weighted by atomic mass is 16.6. The average Bonchev–Trinajstić information content (AvgIpc) is 3.11. The van der Waals surface area contributed by atoms with Gasteiger partial charge in [-0.25, -0.2) is 5.01 Å². The molecule has 1 heterocycles. The lowest BCUT2D eigenvalue weighted by Gasteiger charge is -2.34. The molecule has 10 heteroatoms. The summed E-state index contributed by atoms with van der Waals surface area (Å²) in [6, 6.07) is 9.68. The Morgan fingerprint density at radius 3 is 2.00 bits per heavy atom. The van der Waals surface area contributed by atoms with Crippen molar-refractivity contribution in [1.82, 2.24) is 10.0 Å². The minimum atomic E-state index is -1.19. The summed E-state index contributed by atoms with van der Waals surface area (Å²) in [5, 5.41) is 12.4. The van der Waals surface area contributed by atoms with Crippen molar-refractivity contribution in [2.24, 2.45) is 0 Å². The Balaban J connectivity index is 1.98. The molecule has 1 fully saturated rings. The molecule has 160 valence electrons. The van der Waals surface area contributed by atoms with Crippen LogP contribution in [0.25, 0.3) is 0 Å². The number of hydrogen-bond acceptors (Lipinski definition) is 7. The number of Topliss-reactive ketones (excluding diaryl/α,β-unsaturated/α-hetero) is 1. The van der Waals surface area contributed by atoms with E-state index in [0.717, 1.165) is 17.1 Å². The number of hydrazine groups is 1. The maximum atomic E-state index is 13.2. The molecule has 0 bridgehead atoms. The zero-order chi connectivity index (χ0) is 22.7. The minimum Gasteiger partial charge on any atom is -0.497 e. The average molecular weight is 425 g/mol. The van der Waals surface area contributed by atoms with Gasteiger partial charge in [0.25, 0.3) is 11.6 Å². The number of benzene rings is 2. The van der Waals surface area contributed by atoms with Crippen LogP contribution in [0, 0.1) is 10.1 Å². The first-order valence-corrected chi connectivity index (χ1v) is 9.36. The number of carbonyl (C=O) groups is 4. The highest BCUT2D eigenvalue weighted by Crippen LogP contribution is 2.24. The second-order valence-electron chi connectivity index (χ2n) is 6.82. The second-order valence-corrected chi connectivity index (χ2v) is 6.82. The third-order valence-electron chi connectivity index (χ3n) is 4.89. The van der Waals surface area contributed by atoms with Crippen molar-refractivity contribution in [3.05, 3.63) is 69.8 Å². The highest BCUT2D eigenvalue weighted by molar-refractivity contribution is 6.08. The summed E-state index contributed by atoms with van der Waals surface area (Å²) in [6.45, 7) is 1.41. The van der Waals surface area contributed by atoms with Crippen LogP contribution >= 0.6 is 0 Å². The van der Waals surface area contributed by atoms with Crippen molar-refractivity contribution in [2.45, 2.75) is 25.8 Å². The lowest BCUT2D eigenvalue weighted by molar-refractivity contribution is -0.384. The normalized spacial score (nSPS) is 14.3. The van der Waals surface area contributed by atoms with E-state index in [2.05, 4.69) is 0 Å². The Bertz CT molecular complexity index is 1030. The van der Waals surface area contributed by atoms with Crippen LogP contribution in [-0.4, -0.2) is 51.6 Å².